The van der Waals surface area contributed by atoms with Gasteiger partial charge in [0.05, 0.1) is 0 Å². The van der Waals surface area contributed by atoms with Gasteiger partial charge in [-0.05, 0) is 27.0 Å². The Labute approximate surface area is 94.4 Å². The van der Waals surface area contributed by atoms with E-state index < -0.39 is 21.6 Å². The Balaban J connectivity index is 2.60. The van der Waals surface area contributed by atoms with E-state index in [4.69, 9.17) is 0 Å². The van der Waals surface area contributed by atoms with Crippen molar-refractivity contribution in [2.45, 2.75) is 0 Å². The molecule has 8 heteroatoms. The summed E-state index contributed by atoms with van der Waals surface area (Å²) in [7, 11) is 0. The summed E-state index contributed by atoms with van der Waals surface area (Å²) in [5.41, 5.74) is 0.444. The molecule has 8 nitrogen and oxygen atoms in total. The highest BCUT2D eigenvalue weighted by Gasteiger charge is 2.24. The number of hydrogen-bond acceptors (Lipinski definition) is 5. The molecule has 0 saturated heterocycles. The van der Waals surface area contributed by atoms with Crippen molar-refractivity contribution in [1.82, 2.24) is 9.55 Å². The molecule has 0 atom stereocenters. The number of para-hydroxylation sites is 1. The fourth-order valence-electron chi connectivity index (χ4n) is 1.35. The average Bonchev–Trinajstić information content (AvgIpc) is 2.75. The Hall–Kier alpha value is -2.77. The molecule has 1 aromatic heterocycles. The van der Waals surface area contributed by atoms with Gasteiger partial charge in [-0.2, -0.15) is 4.57 Å². The number of nitro groups is 2. The first-order valence-electron chi connectivity index (χ1n) is 4.53. The third-order valence-electron chi connectivity index (χ3n) is 2.06. The van der Waals surface area contributed by atoms with Crippen LogP contribution in [0.4, 0.5) is 11.8 Å². The van der Waals surface area contributed by atoms with E-state index in [1.54, 1.807) is 30.3 Å². The van der Waals surface area contributed by atoms with E-state index >= 15 is 0 Å². The Morgan fingerprint density at radius 2 is 1.71 bits per heavy atom. The summed E-state index contributed by atoms with van der Waals surface area (Å²) in [6.07, 6.45) is 1.02. The molecule has 17 heavy (non-hydrogen) atoms. The van der Waals surface area contributed by atoms with Gasteiger partial charge in [0.25, 0.3) is 0 Å². The minimum Gasteiger partial charge on any atom is -0.390 e. The summed E-state index contributed by atoms with van der Waals surface area (Å²) in [6.45, 7) is 0. The lowest BCUT2D eigenvalue weighted by molar-refractivity contribution is -0.402. The molecule has 0 aliphatic heterocycles. The number of benzene rings is 1. The lowest BCUT2D eigenvalue weighted by Gasteiger charge is -1.98. The molecule has 0 aliphatic carbocycles. The molecule has 0 amide bonds. The smallest absolute Gasteiger partial charge is 0.390 e. The van der Waals surface area contributed by atoms with Gasteiger partial charge in [0.15, 0.2) is 6.20 Å². The fraction of sp³-hybridized carbons (Fsp3) is 0. The molecular formula is C9H6N4O4. The highest BCUT2D eigenvalue weighted by molar-refractivity contribution is 5.40. The van der Waals surface area contributed by atoms with Crippen molar-refractivity contribution in [3.63, 3.8) is 0 Å². The summed E-state index contributed by atoms with van der Waals surface area (Å²) in [5, 5.41) is 21.3. The van der Waals surface area contributed by atoms with Crippen molar-refractivity contribution in [3.05, 3.63) is 56.8 Å². The normalized spacial score (nSPS) is 10.1. The second kappa shape index (κ2) is 4.00. The minimum atomic E-state index is -0.771. The predicted molar refractivity (Wildman–Crippen MR) is 56.9 cm³/mol. The van der Waals surface area contributed by atoms with Gasteiger partial charge in [-0.25, -0.2) is 0 Å². The first-order chi connectivity index (χ1) is 8.09. The van der Waals surface area contributed by atoms with Crippen LogP contribution in [0, 0.1) is 20.2 Å². The van der Waals surface area contributed by atoms with Crippen LogP contribution in [0.2, 0.25) is 0 Å². The lowest BCUT2D eigenvalue weighted by Crippen LogP contribution is -1.99. The highest BCUT2D eigenvalue weighted by atomic mass is 16.6. The first kappa shape index (κ1) is 10.7. The number of nitrogens with zero attached hydrogens (tertiary/aromatic N) is 4. The minimum absolute atomic E-state index is 0.444. The average molecular weight is 234 g/mol. The van der Waals surface area contributed by atoms with Crippen LogP contribution in [0.1, 0.15) is 0 Å². The van der Waals surface area contributed by atoms with Crippen LogP contribution >= 0.6 is 0 Å². The fourth-order valence-corrected chi connectivity index (χ4v) is 1.35. The van der Waals surface area contributed by atoms with Crippen LogP contribution in [-0.2, 0) is 0 Å². The van der Waals surface area contributed by atoms with Gasteiger partial charge in [-0.15, -0.1) is 0 Å². The summed E-state index contributed by atoms with van der Waals surface area (Å²) in [5.74, 6) is -1.14. The number of aromatic nitrogens is 2. The van der Waals surface area contributed by atoms with Crippen LogP contribution in [0.3, 0.4) is 0 Å². The quantitative estimate of drug-likeness (QED) is 0.593. The van der Waals surface area contributed by atoms with E-state index in [0.717, 1.165) is 10.8 Å². The predicted octanol–water partition coefficient (Wildman–Crippen LogP) is 1.69. The van der Waals surface area contributed by atoms with Crippen molar-refractivity contribution in [2.24, 2.45) is 0 Å². The standard InChI is InChI=1S/C9H6N4O4/c14-12(15)8-6-11(9(10-8)13(16)17)7-4-2-1-3-5-7/h1-6H. The van der Waals surface area contributed by atoms with Gasteiger partial charge in [-0.3, -0.25) is 0 Å². The summed E-state index contributed by atoms with van der Waals surface area (Å²) in [6, 6.07) is 8.27. The van der Waals surface area contributed by atoms with Crippen molar-refractivity contribution in [1.29, 1.82) is 0 Å². The molecule has 0 N–H and O–H groups in total. The van der Waals surface area contributed by atoms with Gasteiger partial charge in [0.1, 0.15) is 5.69 Å². The third-order valence-corrected chi connectivity index (χ3v) is 2.06. The Morgan fingerprint density at radius 3 is 2.24 bits per heavy atom. The van der Waals surface area contributed by atoms with Crippen LogP contribution in [0.25, 0.3) is 5.69 Å². The topological polar surface area (TPSA) is 104 Å². The van der Waals surface area contributed by atoms with Gasteiger partial charge in [0, 0.05) is 0 Å². The molecule has 0 radical (unpaired) electrons. The van der Waals surface area contributed by atoms with Gasteiger partial charge >= 0.3 is 11.8 Å². The van der Waals surface area contributed by atoms with Gasteiger partial charge in [-0.1, -0.05) is 18.2 Å². The van der Waals surface area contributed by atoms with Crippen LogP contribution in [0.15, 0.2) is 36.5 Å². The summed E-state index contributed by atoms with van der Waals surface area (Å²) < 4.78 is 1.07. The Kier molecular flexibility index (Phi) is 2.53. The molecule has 0 spiro atoms. The van der Waals surface area contributed by atoms with Gasteiger partial charge in [0.2, 0.25) is 0 Å². The van der Waals surface area contributed by atoms with E-state index in [1.807, 2.05) is 0 Å². The molecule has 2 rings (SSSR count). The second-order valence-corrected chi connectivity index (χ2v) is 3.12. The SMILES string of the molecule is O=[N+]([O-])c1cn(-c2ccccc2)c([N+](=O)[O-])n1. The molecule has 86 valence electrons. The van der Waals surface area contributed by atoms with Crippen molar-refractivity contribution in [2.75, 3.05) is 0 Å². The maximum atomic E-state index is 10.7. The zero-order valence-corrected chi connectivity index (χ0v) is 8.39. The molecular weight excluding hydrogens is 228 g/mol. The van der Waals surface area contributed by atoms with Crippen molar-refractivity contribution in [3.8, 4) is 5.69 Å². The number of rotatable bonds is 3. The third kappa shape index (κ3) is 1.95. The monoisotopic (exact) mass is 234 g/mol. The van der Waals surface area contributed by atoms with Gasteiger partial charge < -0.3 is 20.2 Å². The molecule has 0 aliphatic rings. The largest absolute Gasteiger partial charge is 0.443 e. The molecule has 0 fully saturated rings. The molecule has 0 saturated carbocycles. The van der Waals surface area contributed by atoms with Crippen LogP contribution in [0.5, 0.6) is 0 Å². The van der Waals surface area contributed by atoms with Crippen molar-refractivity contribution >= 4 is 11.8 Å². The number of hydrogen-bond donors (Lipinski definition) is 0. The molecule has 1 aromatic carbocycles. The van der Waals surface area contributed by atoms with E-state index in [1.165, 1.54) is 0 Å². The molecule has 0 bridgehead atoms. The maximum absolute atomic E-state index is 10.7. The summed E-state index contributed by atoms with van der Waals surface area (Å²) >= 11 is 0. The maximum Gasteiger partial charge on any atom is 0.443 e. The molecule has 1 heterocycles. The summed E-state index contributed by atoms with van der Waals surface area (Å²) in [4.78, 5) is 23.1. The van der Waals surface area contributed by atoms with Crippen LogP contribution in [-0.4, -0.2) is 19.4 Å². The first-order valence-corrected chi connectivity index (χ1v) is 4.53. The van der Waals surface area contributed by atoms with E-state index in [2.05, 4.69) is 4.98 Å². The van der Waals surface area contributed by atoms with Crippen LogP contribution < -0.4 is 0 Å². The van der Waals surface area contributed by atoms with E-state index in [9.17, 15) is 20.2 Å². The van der Waals surface area contributed by atoms with E-state index in [0.29, 0.717) is 5.69 Å². The van der Waals surface area contributed by atoms with Crippen molar-refractivity contribution < 1.29 is 9.85 Å². The Morgan fingerprint density at radius 1 is 1.06 bits per heavy atom. The Bertz CT molecular complexity index is 578. The van der Waals surface area contributed by atoms with E-state index in [-0.39, 0.29) is 0 Å². The zero-order valence-electron chi connectivity index (χ0n) is 8.39. The lowest BCUT2D eigenvalue weighted by atomic mass is 10.3. The second-order valence-electron chi connectivity index (χ2n) is 3.12. The molecule has 0 unspecified atom stereocenters. The highest BCUT2D eigenvalue weighted by Crippen LogP contribution is 2.21. The zero-order chi connectivity index (χ0) is 12.4. The number of imidazole rings is 1. The molecule has 2 aromatic rings.